The fraction of sp³-hybridized carbons (Fsp3) is 0.545. The molecule has 0 bridgehead atoms. The first-order chi connectivity index (χ1) is 9.97. The zero-order valence-electron chi connectivity index (χ0n) is 11.3. The van der Waals surface area contributed by atoms with Gasteiger partial charge in [0.2, 0.25) is 0 Å². The lowest BCUT2D eigenvalue weighted by Crippen LogP contribution is -2.55. The van der Waals surface area contributed by atoms with E-state index in [1.54, 1.807) is 6.92 Å². The van der Waals surface area contributed by atoms with E-state index in [9.17, 15) is 15.0 Å². The van der Waals surface area contributed by atoms with Crippen molar-refractivity contribution in [1.29, 1.82) is 0 Å². The molecule has 2 aromatic heterocycles. The van der Waals surface area contributed by atoms with E-state index in [0.717, 1.165) is 0 Å². The van der Waals surface area contributed by atoms with E-state index in [-0.39, 0.29) is 18.1 Å². The van der Waals surface area contributed by atoms with Crippen molar-refractivity contribution in [2.24, 2.45) is 0 Å². The molecule has 0 spiro atoms. The number of hydrogen-bond acceptors (Lipinski definition) is 7. The third kappa shape index (κ3) is 2.50. The quantitative estimate of drug-likeness (QED) is 0.603. The number of piperidine rings is 1. The number of aliphatic hydroxyl groups excluding tert-OH is 1. The molecule has 2 atom stereocenters. The number of rotatable bonds is 2. The van der Waals surface area contributed by atoms with E-state index in [0.29, 0.717) is 18.8 Å². The SMILES string of the molecule is C[C@@]1(O)CCN(C(=O)c2cc(-n3cnnn3)n[nH]2)C[C@@H]1O. The van der Waals surface area contributed by atoms with Gasteiger partial charge in [0.15, 0.2) is 5.82 Å². The van der Waals surface area contributed by atoms with Crippen LogP contribution in [0, 0.1) is 0 Å². The Balaban J connectivity index is 1.74. The van der Waals surface area contributed by atoms with Crippen molar-refractivity contribution in [3.63, 3.8) is 0 Å². The van der Waals surface area contributed by atoms with E-state index < -0.39 is 11.7 Å². The fourth-order valence-electron chi connectivity index (χ4n) is 2.18. The van der Waals surface area contributed by atoms with Gasteiger partial charge < -0.3 is 15.1 Å². The molecule has 1 aliphatic heterocycles. The van der Waals surface area contributed by atoms with Crippen molar-refractivity contribution in [3.05, 3.63) is 18.1 Å². The molecule has 0 radical (unpaired) electrons. The number of hydrogen-bond donors (Lipinski definition) is 3. The summed E-state index contributed by atoms with van der Waals surface area (Å²) in [6.07, 6.45) is 0.706. The molecule has 21 heavy (non-hydrogen) atoms. The molecule has 1 aliphatic rings. The lowest BCUT2D eigenvalue weighted by Gasteiger charge is -2.39. The molecule has 1 fully saturated rings. The Bertz CT molecular complexity index is 636. The van der Waals surface area contributed by atoms with Crippen molar-refractivity contribution in [2.45, 2.75) is 25.0 Å². The van der Waals surface area contributed by atoms with Gasteiger partial charge in [-0.05, 0) is 23.8 Å². The van der Waals surface area contributed by atoms with Crippen LogP contribution in [0.5, 0.6) is 0 Å². The lowest BCUT2D eigenvalue weighted by molar-refractivity contribution is -0.0999. The van der Waals surface area contributed by atoms with Crippen molar-refractivity contribution < 1.29 is 15.0 Å². The summed E-state index contributed by atoms with van der Waals surface area (Å²) in [6, 6.07) is 1.53. The van der Waals surface area contributed by atoms with Gasteiger partial charge in [-0.2, -0.15) is 9.78 Å². The predicted octanol–water partition coefficient (Wildman–Crippen LogP) is -1.66. The molecular formula is C11H15N7O3. The van der Waals surface area contributed by atoms with E-state index in [2.05, 4.69) is 25.7 Å². The Kier molecular flexibility index (Phi) is 3.18. The zero-order valence-corrected chi connectivity index (χ0v) is 11.3. The second-order valence-electron chi connectivity index (χ2n) is 5.27. The highest BCUT2D eigenvalue weighted by molar-refractivity contribution is 5.92. The molecule has 0 saturated carbocycles. The normalized spacial score (nSPS) is 26.0. The predicted molar refractivity (Wildman–Crippen MR) is 68.5 cm³/mol. The van der Waals surface area contributed by atoms with Gasteiger partial charge in [-0.25, -0.2) is 0 Å². The maximum Gasteiger partial charge on any atom is 0.272 e. The third-order valence-electron chi connectivity index (χ3n) is 3.66. The van der Waals surface area contributed by atoms with Gasteiger partial charge in [0.1, 0.15) is 12.0 Å². The van der Waals surface area contributed by atoms with Crippen LogP contribution in [-0.2, 0) is 0 Å². The first kappa shape index (κ1) is 13.6. The van der Waals surface area contributed by atoms with Crippen LogP contribution in [0.15, 0.2) is 12.4 Å². The molecule has 112 valence electrons. The number of amides is 1. The second-order valence-corrected chi connectivity index (χ2v) is 5.27. The molecule has 3 heterocycles. The Morgan fingerprint density at radius 2 is 2.38 bits per heavy atom. The van der Waals surface area contributed by atoms with Crippen LogP contribution in [-0.4, -0.2) is 76.2 Å². The number of carbonyl (C=O) groups is 1. The number of tetrazole rings is 1. The number of carbonyl (C=O) groups excluding carboxylic acids is 1. The Morgan fingerprint density at radius 3 is 3.05 bits per heavy atom. The summed E-state index contributed by atoms with van der Waals surface area (Å²) in [7, 11) is 0. The molecule has 0 aromatic carbocycles. The monoisotopic (exact) mass is 293 g/mol. The van der Waals surface area contributed by atoms with Crippen molar-refractivity contribution in [3.8, 4) is 5.82 Å². The van der Waals surface area contributed by atoms with Crippen LogP contribution >= 0.6 is 0 Å². The summed E-state index contributed by atoms with van der Waals surface area (Å²) >= 11 is 0. The summed E-state index contributed by atoms with van der Waals surface area (Å²) in [5.74, 6) is 0.101. The zero-order chi connectivity index (χ0) is 15.0. The van der Waals surface area contributed by atoms with Gasteiger partial charge in [-0.1, -0.05) is 0 Å². The highest BCUT2D eigenvalue weighted by Crippen LogP contribution is 2.23. The number of aromatic amines is 1. The van der Waals surface area contributed by atoms with E-state index in [1.165, 1.54) is 22.0 Å². The third-order valence-corrected chi connectivity index (χ3v) is 3.66. The molecule has 1 saturated heterocycles. The number of H-pyrrole nitrogens is 1. The summed E-state index contributed by atoms with van der Waals surface area (Å²) in [4.78, 5) is 13.8. The first-order valence-electron chi connectivity index (χ1n) is 6.46. The molecule has 0 unspecified atom stereocenters. The highest BCUT2D eigenvalue weighted by atomic mass is 16.3. The van der Waals surface area contributed by atoms with Gasteiger partial charge in [0.25, 0.3) is 5.91 Å². The minimum absolute atomic E-state index is 0.0745. The smallest absolute Gasteiger partial charge is 0.272 e. The van der Waals surface area contributed by atoms with E-state index in [1.807, 2.05) is 0 Å². The van der Waals surface area contributed by atoms with Gasteiger partial charge >= 0.3 is 0 Å². The number of β-amino-alcohol motifs (C(OH)–C–C–N with tert-alkyl or cyclic N) is 1. The minimum Gasteiger partial charge on any atom is -0.388 e. The van der Waals surface area contributed by atoms with Crippen LogP contribution in [0.25, 0.3) is 5.82 Å². The maximum absolute atomic E-state index is 12.3. The Hall–Kier alpha value is -2.33. The average Bonchev–Trinajstić information content (AvgIpc) is 3.10. The van der Waals surface area contributed by atoms with Gasteiger partial charge in [-0.15, -0.1) is 5.10 Å². The summed E-state index contributed by atoms with van der Waals surface area (Å²) in [6.45, 7) is 2.00. The molecule has 0 aliphatic carbocycles. The topological polar surface area (TPSA) is 133 Å². The van der Waals surface area contributed by atoms with Crippen LogP contribution < -0.4 is 0 Å². The van der Waals surface area contributed by atoms with E-state index >= 15 is 0 Å². The molecule has 10 nitrogen and oxygen atoms in total. The second kappa shape index (κ2) is 4.90. The number of aliphatic hydroxyl groups is 2. The fourth-order valence-corrected chi connectivity index (χ4v) is 2.18. The van der Waals surface area contributed by atoms with Gasteiger partial charge in [0.05, 0.1) is 11.7 Å². The van der Waals surface area contributed by atoms with Crippen molar-refractivity contribution >= 4 is 5.91 Å². The standard InChI is InChI=1S/C11H15N7O3/c1-11(21)2-3-17(5-8(11)19)10(20)7-4-9(14-13-7)18-6-12-15-16-18/h4,6,8,19,21H,2-3,5H2,1H3,(H,13,14)/t8-,11+/m0/s1. The molecule has 3 rings (SSSR count). The lowest BCUT2D eigenvalue weighted by atomic mass is 9.90. The number of likely N-dealkylation sites (tertiary alicyclic amines) is 1. The molecule has 10 heteroatoms. The van der Waals surface area contributed by atoms with E-state index in [4.69, 9.17) is 0 Å². The highest BCUT2D eigenvalue weighted by Gasteiger charge is 2.38. The first-order valence-corrected chi connectivity index (χ1v) is 6.46. The summed E-state index contributed by atoms with van der Waals surface area (Å²) < 4.78 is 1.32. The average molecular weight is 293 g/mol. The number of nitrogens with zero attached hydrogens (tertiary/aromatic N) is 6. The van der Waals surface area contributed by atoms with Gasteiger partial charge in [-0.3, -0.25) is 9.89 Å². The molecule has 1 amide bonds. The summed E-state index contributed by atoms with van der Waals surface area (Å²) in [5, 5.41) is 37.0. The van der Waals surface area contributed by atoms with Crippen molar-refractivity contribution in [2.75, 3.05) is 13.1 Å². The molecular weight excluding hydrogens is 278 g/mol. The van der Waals surface area contributed by atoms with Crippen LogP contribution in [0.3, 0.4) is 0 Å². The van der Waals surface area contributed by atoms with Crippen molar-refractivity contribution in [1.82, 2.24) is 35.3 Å². The molecule has 3 N–H and O–H groups in total. The Labute approximate surface area is 119 Å². The Morgan fingerprint density at radius 1 is 1.57 bits per heavy atom. The van der Waals surface area contributed by atoms with Gasteiger partial charge in [0, 0.05) is 19.2 Å². The summed E-state index contributed by atoms with van der Waals surface area (Å²) in [5.41, 5.74) is -0.892. The maximum atomic E-state index is 12.3. The largest absolute Gasteiger partial charge is 0.388 e. The van der Waals surface area contributed by atoms with Crippen LogP contribution in [0.1, 0.15) is 23.8 Å². The van der Waals surface area contributed by atoms with Crippen LogP contribution in [0.2, 0.25) is 0 Å². The molecule has 2 aromatic rings. The number of aromatic nitrogens is 6. The van der Waals surface area contributed by atoms with Crippen LogP contribution in [0.4, 0.5) is 0 Å². The minimum atomic E-state index is -1.16. The number of nitrogens with one attached hydrogen (secondary N) is 1.